The first kappa shape index (κ1) is 30.0. The van der Waals surface area contributed by atoms with Crippen LogP contribution >= 0.6 is 11.8 Å². The molecule has 4 amide bonds. The number of amidine groups is 1. The summed E-state index contributed by atoms with van der Waals surface area (Å²) in [7, 11) is 1.41. The Hall–Kier alpha value is -3.52. The molecule has 0 bridgehead atoms. The van der Waals surface area contributed by atoms with Crippen molar-refractivity contribution in [2.45, 2.75) is 50.1 Å². The topological polar surface area (TPSA) is 170 Å². The molecular formula is C25H35N5O8S. The van der Waals surface area contributed by atoms with Crippen molar-refractivity contribution in [3.05, 3.63) is 35.9 Å². The van der Waals surface area contributed by atoms with Crippen molar-refractivity contribution in [1.82, 2.24) is 20.4 Å². The molecule has 13 nitrogen and oxygen atoms in total. The largest absolute Gasteiger partial charge is 0.457 e. The van der Waals surface area contributed by atoms with Crippen LogP contribution in [0.2, 0.25) is 0 Å². The molecule has 0 aromatic heterocycles. The van der Waals surface area contributed by atoms with E-state index >= 15 is 0 Å². The van der Waals surface area contributed by atoms with Crippen LogP contribution in [-0.2, 0) is 19.1 Å². The first-order chi connectivity index (χ1) is 18.6. The van der Waals surface area contributed by atoms with Gasteiger partial charge in [0.25, 0.3) is 0 Å². The second kappa shape index (κ2) is 13.0. The highest BCUT2D eigenvalue weighted by Crippen LogP contribution is 2.52. The Kier molecular flexibility index (Phi) is 10.0. The number of nitrogens with one attached hydrogen (secondary N) is 2. The first-order valence-corrected chi connectivity index (χ1v) is 13.4. The SMILES string of the molecule is C=CCOC(=O)C1=C(S[C@H]2C[C@@H](C/C(=N/O)NC(=O)NC)N(C(=O)OCC=C)C2)[C@H](C)[C@@H]2[C@H]([C@@H](C)O)C(=O)N12. The third-order valence-electron chi connectivity index (χ3n) is 6.90. The number of hydrogen-bond acceptors (Lipinski definition) is 10. The van der Waals surface area contributed by atoms with Crippen LogP contribution in [-0.4, -0.2) is 100 Å². The number of carbonyl (C=O) groups is 4. The normalized spacial score (nSPS) is 26.9. The zero-order valence-electron chi connectivity index (χ0n) is 22.2. The van der Waals surface area contributed by atoms with Crippen LogP contribution in [0.25, 0.3) is 0 Å². The van der Waals surface area contributed by atoms with Crippen LogP contribution < -0.4 is 10.6 Å². The molecule has 2 fully saturated rings. The molecule has 14 heteroatoms. The zero-order valence-corrected chi connectivity index (χ0v) is 23.0. The summed E-state index contributed by atoms with van der Waals surface area (Å²) in [6, 6.07) is -1.47. The summed E-state index contributed by atoms with van der Waals surface area (Å²) in [6.07, 6.45) is 1.82. The fraction of sp³-hybridized carbons (Fsp3) is 0.560. The van der Waals surface area contributed by atoms with Crippen molar-refractivity contribution in [1.29, 1.82) is 0 Å². The molecule has 0 aromatic rings. The highest BCUT2D eigenvalue weighted by molar-refractivity contribution is 8.03. The fourth-order valence-electron chi connectivity index (χ4n) is 5.17. The van der Waals surface area contributed by atoms with Crippen molar-refractivity contribution in [2.75, 3.05) is 26.8 Å². The highest BCUT2D eigenvalue weighted by atomic mass is 32.2. The molecule has 3 aliphatic rings. The van der Waals surface area contributed by atoms with E-state index in [0.717, 1.165) is 0 Å². The minimum atomic E-state index is -0.883. The quantitative estimate of drug-likeness (QED) is 0.0581. The number of fused-ring (bicyclic) bond motifs is 1. The van der Waals surface area contributed by atoms with E-state index < -0.39 is 36.2 Å². The number of hydrogen-bond donors (Lipinski definition) is 4. The molecule has 0 aliphatic carbocycles. The summed E-state index contributed by atoms with van der Waals surface area (Å²) in [6.45, 7) is 10.7. The molecule has 0 aromatic carbocycles. The van der Waals surface area contributed by atoms with Crippen molar-refractivity contribution >= 4 is 41.6 Å². The molecule has 39 heavy (non-hydrogen) atoms. The van der Waals surface area contributed by atoms with Crippen molar-refractivity contribution in [2.24, 2.45) is 17.0 Å². The third-order valence-corrected chi connectivity index (χ3v) is 8.39. The lowest BCUT2D eigenvalue weighted by Crippen LogP contribution is -2.63. The number of urea groups is 1. The van der Waals surface area contributed by atoms with Crippen LogP contribution in [0.4, 0.5) is 9.59 Å². The Morgan fingerprint density at radius 3 is 2.51 bits per heavy atom. The maximum absolute atomic E-state index is 13.0. The summed E-state index contributed by atoms with van der Waals surface area (Å²) in [4.78, 5) is 54.0. The molecule has 3 rings (SSSR count). The van der Waals surface area contributed by atoms with E-state index in [2.05, 4.69) is 28.9 Å². The van der Waals surface area contributed by atoms with Gasteiger partial charge >= 0.3 is 18.1 Å². The maximum atomic E-state index is 13.0. The average molecular weight is 566 g/mol. The van der Waals surface area contributed by atoms with E-state index in [-0.39, 0.29) is 60.8 Å². The van der Waals surface area contributed by atoms with Crippen LogP contribution in [0, 0.1) is 11.8 Å². The number of oxime groups is 1. The summed E-state index contributed by atoms with van der Waals surface area (Å²) >= 11 is 1.36. The van der Waals surface area contributed by atoms with Gasteiger partial charge in [0, 0.05) is 42.1 Å². The number of nitrogens with zero attached hydrogens (tertiary/aromatic N) is 3. The number of rotatable bonds is 10. The number of esters is 1. The summed E-state index contributed by atoms with van der Waals surface area (Å²) in [5.41, 5.74) is 0.143. The standard InChI is InChI=1S/C25H35N5O8S/c1-6-8-37-23(33)20-21(13(3)19-18(14(4)31)22(32)30(19)20)39-16-10-15(11-17(28-36)27-24(34)26-5)29(12-16)25(35)38-9-7-2/h6-7,13-16,18-19,31,36H,1-2,8-12H2,3-5H3,(H2,26,27,28,34)/t13-,14-,15+,16+,18+,19-/m1/s1. The molecular weight excluding hydrogens is 530 g/mol. The summed E-state index contributed by atoms with van der Waals surface area (Å²) in [5, 5.41) is 27.3. The molecule has 6 atom stereocenters. The number of carbonyl (C=O) groups excluding carboxylic acids is 4. The molecule has 3 aliphatic heterocycles. The van der Waals surface area contributed by atoms with E-state index in [1.54, 1.807) is 6.92 Å². The lowest BCUT2D eigenvalue weighted by Gasteiger charge is -2.46. The predicted octanol–water partition coefficient (Wildman–Crippen LogP) is 1.39. The Balaban J connectivity index is 1.87. The van der Waals surface area contributed by atoms with E-state index in [9.17, 15) is 29.5 Å². The van der Waals surface area contributed by atoms with Gasteiger partial charge in [0.1, 0.15) is 18.9 Å². The number of aliphatic hydroxyl groups is 1. The lowest BCUT2D eigenvalue weighted by molar-refractivity contribution is -0.164. The Bertz CT molecular complexity index is 1080. The van der Waals surface area contributed by atoms with Crippen LogP contribution in [0.5, 0.6) is 0 Å². The number of aliphatic hydroxyl groups excluding tert-OH is 1. The molecule has 0 unspecified atom stereocenters. The molecule has 4 N–H and O–H groups in total. The van der Waals surface area contributed by atoms with E-state index in [4.69, 9.17) is 9.47 Å². The fourth-order valence-corrected chi connectivity index (χ4v) is 6.73. The maximum Gasteiger partial charge on any atom is 0.410 e. The van der Waals surface area contributed by atoms with Gasteiger partial charge in [-0.1, -0.05) is 37.4 Å². The lowest BCUT2D eigenvalue weighted by atomic mass is 9.79. The molecule has 3 heterocycles. The van der Waals surface area contributed by atoms with E-state index in [1.165, 1.54) is 40.8 Å². The second-order valence-corrected chi connectivity index (χ2v) is 10.8. The molecule has 0 spiro atoms. The van der Waals surface area contributed by atoms with Gasteiger partial charge in [0.15, 0.2) is 5.84 Å². The number of β-lactam (4-membered cyclic amide) rings is 1. The number of ether oxygens (including phenoxy) is 2. The predicted molar refractivity (Wildman–Crippen MR) is 143 cm³/mol. The number of thioether (sulfide) groups is 1. The van der Waals surface area contributed by atoms with Crippen LogP contribution in [0.15, 0.2) is 41.1 Å². The van der Waals surface area contributed by atoms with Crippen LogP contribution in [0.3, 0.4) is 0 Å². The van der Waals surface area contributed by atoms with Crippen molar-refractivity contribution in [3.8, 4) is 0 Å². The van der Waals surface area contributed by atoms with Gasteiger partial charge in [-0.05, 0) is 13.3 Å². The summed E-state index contributed by atoms with van der Waals surface area (Å²) in [5.74, 6) is -1.94. The van der Waals surface area contributed by atoms with Gasteiger partial charge in [0.2, 0.25) is 5.91 Å². The zero-order chi connectivity index (χ0) is 28.9. The van der Waals surface area contributed by atoms with Gasteiger partial charge < -0.3 is 34.9 Å². The Labute approximate surface area is 230 Å². The third kappa shape index (κ3) is 6.22. The van der Waals surface area contributed by atoms with Crippen molar-refractivity contribution < 1.29 is 39.0 Å². The van der Waals surface area contributed by atoms with Gasteiger partial charge in [0.05, 0.1) is 18.1 Å². The number of amides is 4. The van der Waals surface area contributed by atoms with Gasteiger partial charge in [-0.3, -0.25) is 10.1 Å². The first-order valence-electron chi connectivity index (χ1n) is 12.5. The summed E-state index contributed by atoms with van der Waals surface area (Å²) < 4.78 is 10.5. The monoisotopic (exact) mass is 565 g/mol. The molecule has 214 valence electrons. The van der Waals surface area contributed by atoms with Crippen LogP contribution in [0.1, 0.15) is 26.7 Å². The molecule has 0 saturated carbocycles. The minimum Gasteiger partial charge on any atom is -0.457 e. The minimum absolute atomic E-state index is 0.00172. The number of likely N-dealkylation sites (tertiary alicyclic amines) is 1. The second-order valence-electron chi connectivity index (χ2n) is 9.46. The molecule has 0 radical (unpaired) electrons. The Morgan fingerprint density at radius 1 is 1.26 bits per heavy atom. The average Bonchev–Trinajstić information content (AvgIpc) is 3.41. The van der Waals surface area contributed by atoms with Gasteiger partial charge in [-0.25, -0.2) is 14.4 Å². The highest BCUT2D eigenvalue weighted by Gasteiger charge is 2.60. The Morgan fingerprint density at radius 2 is 1.92 bits per heavy atom. The smallest absolute Gasteiger partial charge is 0.410 e. The van der Waals surface area contributed by atoms with E-state index in [1.807, 2.05) is 6.92 Å². The van der Waals surface area contributed by atoms with Gasteiger partial charge in [-0.15, -0.1) is 11.8 Å². The van der Waals surface area contributed by atoms with Crippen molar-refractivity contribution in [3.63, 3.8) is 0 Å². The molecule has 2 saturated heterocycles. The van der Waals surface area contributed by atoms with Gasteiger partial charge in [-0.2, -0.15) is 0 Å². The van der Waals surface area contributed by atoms with E-state index in [0.29, 0.717) is 11.3 Å².